The third kappa shape index (κ3) is 8.28. The van der Waals surface area contributed by atoms with Crippen molar-refractivity contribution in [2.75, 3.05) is 12.3 Å². The van der Waals surface area contributed by atoms with Gasteiger partial charge in [0.15, 0.2) is 0 Å². The van der Waals surface area contributed by atoms with Crippen molar-refractivity contribution in [2.45, 2.75) is 31.7 Å². The van der Waals surface area contributed by atoms with E-state index in [-0.39, 0.29) is 17.6 Å². The van der Waals surface area contributed by atoms with Crippen LogP contribution in [0.25, 0.3) is 0 Å². The van der Waals surface area contributed by atoms with Crippen molar-refractivity contribution in [1.82, 2.24) is 10.2 Å². The summed E-state index contributed by atoms with van der Waals surface area (Å²) in [5, 5.41) is 4.06. The number of thioether (sulfide) groups is 1. The molecule has 3 aromatic rings. The molecule has 0 saturated carbocycles. The monoisotopic (exact) mass is 592 g/mol. The topological polar surface area (TPSA) is 49.4 Å². The van der Waals surface area contributed by atoms with Gasteiger partial charge in [0.05, 0.1) is 5.75 Å². The lowest BCUT2D eigenvalue weighted by molar-refractivity contribution is -0.139. The number of carbonyl (C=O) groups is 2. The molecule has 0 heterocycles. The molecule has 0 spiro atoms. The first kappa shape index (κ1) is 27.6. The maximum atomic E-state index is 13.6. The van der Waals surface area contributed by atoms with Crippen molar-refractivity contribution in [3.63, 3.8) is 0 Å². The average molecular weight is 594 g/mol. The van der Waals surface area contributed by atoms with Gasteiger partial charge in [-0.1, -0.05) is 87.7 Å². The molecule has 3 aromatic carbocycles. The molecule has 184 valence electrons. The van der Waals surface area contributed by atoms with Gasteiger partial charge in [-0.3, -0.25) is 9.59 Å². The first-order valence-corrected chi connectivity index (χ1v) is 14.0. The van der Waals surface area contributed by atoms with E-state index >= 15 is 0 Å². The summed E-state index contributed by atoms with van der Waals surface area (Å²) < 4.78 is 0.919. The van der Waals surface area contributed by atoms with Crippen molar-refractivity contribution in [1.29, 1.82) is 0 Å². The maximum absolute atomic E-state index is 13.6. The Labute approximate surface area is 229 Å². The van der Waals surface area contributed by atoms with Gasteiger partial charge in [-0.15, -0.1) is 11.8 Å². The van der Waals surface area contributed by atoms with E-state index in [1.807, 2.05) is 61.5 Å². The smallest absolute Gasteiger partial charge is 0.243 e. The van der Waals surface area contributed by atoms with Crippen LogP contribution >= 0.6 is 50.9 Å². The Hall–Kier alpha value is -1.99. The zero-order valence-corrected chi connectivity index (χ0v) is 23.3. The second-order valence-electron chi connectivity index (χ2n) is 7.94. The first-order chi connectivity index (χ1) is 16.9. The molecule has 0 radical (unpaired) electrons. The molecule has 0 aliphatic carbocycles. The van der Waals surface area contributed by atoms with Gasteiger partial charge in [-0.2, -0.15) is 0 Å². The lowest BCUT2D eigenvalue weighted by atomic mass is 10.0. The van der Waals surface area contributed by atoms with Crippen molar-refractivity contribution in [3.05, 3.63) is 104 Å². The van der Waals surface area contributed by atoms with Crippen LogP contribution in [0.4, 0.5) is 0 Å². The van der Waals surface area contributed by atoms with Crippen LogP contribution < -0.4 is 5.32 Å². The highest BCUT2D eigenvalue weighted by Gasteiger charge is 2.30. The van der Waals surface area contributed by atoms with Crippen LogP contribution in [0.15, 0.2) is 77.3 Å². The minimum atomic E-state index is -0.645. The van der Waals surface area contributed by atoms with Crippen molar-refractivity contribution in [2.24, 2.45) is 0 Å². The number of likely N-dealkylation sites (N-methyl/N-ethyl adjacent to an activating group) is 1. The van der Waals surface area contributed by atoms with E-state index in [1.165, 1.54) is 11.8 Å². The van der Waals surface area contributed by atoms with Gasteiger partial charge in [-0.25, -0.2) is 0 Å². The van der Waals surface area contributed by atoms with E-state index in [2.05, 4.69) is 21.2 Å². The summed E-state index contributed by atoms with van der Waals surface area (Å²) in [6.45, 7) is 2.68. The fourth-order valence-corrected chi connectivity index (χ4v) is 5.77. The van der Waals surface area contributed by atoms with Crippen LogP contribution in [0.5, 0.6) is 0 Å². The van der Waals surface area contributed by atoms with E-state index < -0.39 is 6.04 Å². The largest absolute Gasteiger partial charge is 0.355 e. The molecule has 1 N–H and O–H groups in total. The third-order valence-corrected chi connectivity index (χ3v) is 7.54. The fourth-order valence-electron chi connectivity index (χ4n) is 3.67. The molecule has 0 bridgehead atoms. The van der Waals surface area contributed by atoms with Crippen LogP contribution in [0.1, 0.15) is 23.6 Å². The predicted molar refractivity (Wildman–Crippen MR) is 150 cm³/mol. The second kappa shape index (κ2) is 13.9. The van der Waals surface area contributed by atoms with Crippen LogP contribution in [0.2, 0.25) is 10.0 Å². The zero-order chi connectivity index (χ0) is 25.2. The number of benzene rings is 3. The predicted octanol–water partition coefficient (Wildman–Crippen LogP) is 6.77. The molecule has 3 rings (SSSR count). The molecular weight excluding hydrogens is 567 g/mol. The summed E-state index contributed by atoms with van der Waals surface area (Å²) in [5.41, 5.74) is 2.73. The molecule has 2 amide bonds. The maximum Gasteiger partial charge on any atom is 0.243 e. The highest BCUT2D eigenvalue weighted by Crippen LogP contribution is 2.28. The summed E-state index contributed by atoms with van der Waals surface area (Å²) in [4.78, 5) is 28.4. The van der Waals surface area contributed by atoms with Crippen LogP contribution in [-0.2, 0) is 28.3 Å². The first-order valence-electron chi connectivity index (χ1n) is 11.2. The highest BCUT2D eigenvalue weighted by atomic mass is 79.9. The van der Waals surface area contributed by atoms with Crippen LogP contribution in [0.3, 0.4) is 0 Å². The summed E-state index contributed by atoms with van der Waals surface area (Å²) in [7, 11) is 0. The standard InChI is InChI=1S/C27H27BrCl2N2O2S/c1-2-31-27(34)25(15-19-8-4-3-5-9-19)32(16-20-10-6-11-21(28)14-20)26(33)18-35-17-22-23(29)12-7-13-24(22)30/h3-14,25H,2,15-18H2,1H3,(H,31,34)/t25-/m1/s1. The Kier molecular flexibility index (Phi) is 11.0. The molecular formula is C27H27BrCl2N2O2S. The summed E-state index contributed by atoms with van der Waals surface area (Å²) >= 11 is 17.5. The minimum absolute atomic E-state index is 0.120. The Balaban J connectivity index is 1.85. The minimum Gasteiger partial charge on any atom is -0.355 e. The van der Waals surface area contributed by atoms with Crippen LogP contribution in [-0.4, -0.2) is 35.1 Å². The van der Waals surface area contributed by atoms with Crippen molar-refractivity contribution < 1.29 is 9.59 Å². The molecule has 8 heteroatoms. The van der Waals surface area contributed by atoms with E-state index in [0.717, 1.165) is 21.2 Å². The molecule has 0 unspecified atom stereocenters. The number of rotatable bonds is 11. The number of hydrogen-bond acceptors (Lipinski definition) is 3. The van der Waals surface area contributed by atoms with Gasteiger partial charge in [0.2, 0.25) is 11.8 Å². The molecule has 35 heavy (non-hydrogen) atoms. The van der Waals surface area contributed by atoms with Gasteiger partial charge in [0.25, 0.3) is 0 Å². The lowest BCUT2D eigenvalue weighted by Gasteiger charge is -2.31. The highest BCUT2D eigenvalue weighted by molar-refractivity contribution is 9.10. The summed E-state index contributed by atoms with van der Waals surface area (Å²) in [6.07, 6.45) is 0.424. The van der Waals surface area contributed by atoms with E-state index in [1.54, 1.807) is 23.1 Å². The number of amides is 2. The molecule has 0 saturated heterocycles. The van der Waals surface area contributed by atoms with E-state index in [9.17, 15) is 9.59 Å². The zero-order valence-electron chi connectivity index (χ0n) is 19.3. The number of hydrogen-bond donors (Lipinski definition) is 1. The molecule has 0 aliphatic rings. The Morgan fingerprint density at radius 3 is 2.29 bits per heavy atom. The normalized spacial score (nSPS) is 11.7. The Bertz CT molecular complexity index is 1130. The Morgan fingerprint density at radius 1 is 0.971 bits per heavy atom. The number of halogens is 3. The number of carbonyl (C=O) groups excluding carboxylic acids is 2. The molecule has 0 aliphatic heterocycles. The fraction of sp³-hybridized carbons (Fsp3) is 0.259. The molecule has 0 fully saturated rings. The van der Waals surface area contributed by atoms with Gasteiger partial charge in [0, 0.05) is 39.8 Å². The van der Waals surface area contributed by atoms with Crippen LogP contribution in [0, 0.1) is 0 Å². The SMILES string of the molecule is CCNC(=O)[C@@H](Cc1ccccc1)N(Cc1cccc(Br)c1)C(=O)CSCc1c(Cl)cccc1Cl. The molecule has 0 aromatic heterocycles. The third-order valence-electron chi connectivity index (χ3n) is 5.40. The van der Waals surface area contributed by atoms with Crippen molar-refractivity contribution >= 4 is 62.7 Å². The van der Waals surface area contributed by atoms with Gasteiger partial charge in [0.1, 0.15) is 6.04 Å². The van der Waals surface area contributed by atoms with E-state index in [0.29, 0.717) is 35.3 Å². The summed E-state index contributed by atoms with van der Waals surface area (Å²) in [6, 6.07) is 22.3. The molecule has 4 nitrogen and oxygen atoms in total. The number of nitrogens with one attached hydrogen (secondary N) is 1. The van der Waals surface area contributed by atoms with Gasteiger partial charge in [-0.05, 0) is 47.9 Å². The number of nitrogens with zero attached hydrogens (tertiary/aromatic N) is 1. The van der Waals surface area contributed by atoms with Crippen molar-refractivity contribution in [3.8, 4) is 0 Å². The second-order valence-corrected chi connectivity index (χ2v) is 10.7. The molecule has 1 atom stereocenters. The van der Waals surface area contributed by atoms with Gasteiger partial charge < -0.3 is 10.2 Å². The van der Waals surface area contributed by atoms with Gasteiger partial charge >= 0.3 is 0 Å². The quantitative estimate of drug-likeness (QED) is 0.267. The average Bonchev–Trinajstić information content (AvgIpc) is 2.84. The Morgan fingerprint density at radius 2 is 1.63 bits per heavy atom. The van der Waals surface area contributed by atoms with E-state index in [4.69, 9.17) is 23.2 Å². The summed E-state index contributed by atoms with van der Waals surface area (Å²) in [5.74, 6) is 0.406. The lowest BCUT2D eigenvalue weighted by Crippen LogP contribution is -2.51.